The largest absolute Gasteiger partial charge is 0.363 e. The minimum atomic E-state index is -0.291. The highest BCUT2D eigenvalue weighted by atomic mass is 16.6. The number of rotatable bonds is 3. The van der Waals surface area contributed by atoms with Crippen LogP contribution in [0.1, 0.15) is 25.3 Å². The molecule has 5 nitrogen and oxygen atoms in total. The molecule has 1 fully saturated rings. The van der Waals surface area contributed by atoms with Gasteiger partial charge < -0.3 is 10.6 Å². The quantitative estimate of drug-likeness (QED) is 0.671. The van der Waals surface area contributed by atoms with E-state index in [1.807, 2.05) is 19.1 Å². The zero-order valence-electron chi connectivity index (χ0n) is 11.5. The zero-order chi connectivity index (χ0) is 14.0. The molecule has 1 aliphatic heterocycles. The smallest absolute Gasteiger partial charge is 0.292 e. The molecule has 1 aromatic rings. The van der Waals surface area contributed by atoms with Crippen LogP contribution in [0, 0.1) is 23.0 Å². The van der Waals surface area contributed by atoms with Gasteiger partial charge in [0.05, 0.1) is 4.92 Å². The summed E-state index contributed by atoms with van der Waals surface area (Å²) in [4.78, 5) is 13.1. The van der Waals surface area contributed by atoms with E-state index in [4.69, 9.17) is 5.73 Å². The van der Waals surface area contributed by atoms with Crippen molar-refractivity contribution in [2.24, 2.45) is 11.7 Å². The second kappa shape index (κ2) is 5.57. The Hall–Kier alpha value is -1.62. The maximum absolute atomic E-state index is 11.2. The SMILES string of the molecule is Cc1ccc(N2CC(CN)CCC2C)c([N+](=O)[O-])c1. The van der Waals surface area contributed by atoms with Gasteiger partial charge in [-0.15, -0.1) is 0 Å². The number of hydrogen-bond acceptors (Lipinski definition) is 4. The molecule has 2 rings (SSSR count). The van der Waals surface area contributed by atoms with Crippen molar-refractivity contribution in [3.63, 3.8) is 0 Å². The van der Waals surface area contributed by atoms with Gasteiger partial charge >= 0.3 is 0 Å². The summed E-state index contributed by atoms with van der Waals surface area (Å²) in [6, 6.07) is 5.77. The Morgan fingerprint density at radius 2 is 2.21 bits per heavy atom. The predicted molar refractivity (Wildman–Crippen MR) is 76.4 cm³/mol. The lowest BCUT2D eigenvalue weighted by molar-refractivity contribution is -0.384. The lowest BCUT2D eigenvalue weighted by atomic mass is 9.92. The van der Waals surface area contributed by atoms with Gasteiger partial charge in [0.15, 0.2) is 0 Å². The van der Waals surface area contributed by atoms with Crippen molar-refractivity contribution in [2.75, 3.05) is 18.0 Å². The van der Waals surface area contributed by atoms with Crippen LogP contribution in [-0.2, 0) is 0 Å². The van der Waals surface area contributed by atoms with Crippen LogP contribution in [0.2, 0.25) is 0 Å². The molecular weight excluding hydrogens is 242 g/mol. The lowest BCUT2D eigenvalue weighted by Gasteiger charge is -2.39. The Morgan fingerprint density at radius 3 is 2.84 bits per heavy atom. The second-order valence-corrected chi connectivity index (χ2v) is 5.43. The summed E-state index contributed by atoms with van der Waals surface area (Å²) in [5.41, 5.74) is 7.58. The van der Waals surface area contributed by atoms with E-state index >= 15 is 0 Å². The fourth-order valence-corrected chi connectivity index (χ4v) is 2.73. The minimum absolute atomic E-state index is 0.199. The van der Waals surface area contributed by atoms with E-state index in [1.54, 1.807) is 6.07 Å². The van der Waals surface area contributed by atoms with Crippen LogP contribution in [0.4, 0.5) is 11.4 Å². The first-order valence-electron chi connectivity index (χ1n) is 6.74. The Labute approximate surface area is 113 Å². The fourth-order valence-electron chi connectivity index (χ4n) is 2.73. The van der Waals surface area contributed by atoms with Crippen molar-refractivity contribution in [3.05, 3.63) is 33.9 Å². The van der Waals surface area contributed by atoms with Crippen molar-refractivity contribution in [1.29, 1.82) is 0 Å². The van der Waals surface area contributed by atoms with Gasteiger partial charge in [-0.1, -0.05) is 6.07 Å². The highest BCUT2D eigenvalue weighted by molar-refractivity contribution is 5.65. The zero-order valence-corrected chi connectivity index (χ0v) is 11.5. The molecule has 0 saturated carbocycles. The number of nitrogens with zero attached hydrogens (tertiary/aromatic N) is 2. The standard InChI is InChI=1S/C14H21N3O2/c1-10-3-6-13(14(7-10)17(18)19)16-9-12(8-15)5-4-11(16)2/h3,6-7,11-12H,4-5,8-9,15H2,1-2H3. The summed E-state index contributed by atoms with van der Waals surface area (Å²) < 4.78 is 0. The fraction of sp³-hybridized carbons (Fsp3) is 0.571. The van der Waals surface area contributed by atoms with E-state index in [0.717, 1.165) is 30.6 Å². The van der Waals surface area contributed by atoms with Crippen molar-refractivity contribution < 1.29 is 4.92 Å². The third-order valence-electron chi connectivity index (χ3n) is 3.95. The molecule has 0 aromatic heterocycles. The van der Waals surface area contributed by atoms with Crippen molar-refractivity contribution >= 4 is 11.4 Å². The van der Waals surface area contributed by atoms with Gasteiger partial charge in [0.1, 0.15) is 5.69 Å². The molecule has 2 atom stereocenters. The first kappa shape index (κ1) is 13.8. The molecule has 5 heteroatoms. The van der Waals surface area contributed by atoms with E-state index in [2.05, 4.69) is 11.8 Å². The molecular formula is C14H21N3O2. The van der Waals surface area contributed by atoms with Crippen molar-refractivity contribution in [2.45, 2.75) is 32.7 Å². The predicted octanol–water partition coefficient (Wildman–Crippen LogP) is 2.47. The Balaban J connectivity index is 2.36. The molecule has 19 heavy (non-hydrogen) atoms. The average Bonchev–Trinajstić information content (AvgIpc) is 2.39. The topological polar surface area (TPSA) is 72.4 Å². The molecule has 0 aliphatic carbocycles. The molecule has 0 amide bonds. The summed E-state index contributed by atoms with van der Waals surface area (Å²) in [6.07, 6.45) is 2.14. The van der Waals surface area contributed by atoms with Crippen LogP contribution in [0.15, 0.2) is 18.2 Å². The Bertz CT molecular complexity index is 476. The summed E-state index contributed by atoms with van der Waals surface area (Å²) in [5.74, 6) is 0.428. The van der Waals surface area contributed by atoms with E-state index in [-0.39, 0.29) is 10.6 Å². The monoisotopic (exact) mass is 263 g/mol. The maximum Gasteiger partial charge on any atom is 0.292 e. The molecule has 1 aliphatic rings. The van der Waals surface area contributed by atoms with Crippen LogP contribution in [0.5, 0.6) is 0 Å². The van der Waals surface area contributed by atoms with Crippen molar-refractivity contribution in [1.82, 2.24) is 0 Å². The van der Waals surface area contributed by atoms with Gasteiger partial charge in [-0.2, -0.15) is 0 Å². The number of hydrogen-bond donors (Lipinski definition) is 1. The molecule has 2 N–H and O–H groups in total. The molecule has 2 unspecified atom stereocenters. The molecule has 104 valence electrons. The molecule has 0 bridgehead atoms. The number of nitro benzene ring substituents is 1. The summed E-state index contributed by atoms with van der Waals surface area (Å²) in [5, 5.41) is 11.2. The number of aryl methyl sites for hydroxylation is 1. The van der Waals surface area contributed by atoms with Gasteiger partial charge in [0.2, 0.25) is 0 Å². The normalized spacial score (nSPS) is 23.4. The lowest BCUT2D eigenvalue weighted by Crippen LogP contribution is -2.44. The molecule has 0 spiro atoms. The third kappa shape index (κ3) is 2.87. The number of anilines is 1. The van der Waals surface area contributed by atoms with E-state index < -0.39 is 0 Å². The third-order valence-corrected chi connectivity index (χ3v) is 3.95. The number of benzene rings is 1. The van der Waals surface area contributed by atoms with E-state index in [1.165, 1.54) is 0 Å². The van der Waals surface area contributed by atoms with Gasteiger partial charge in [-0.3, -0.25) is 10.1 Å². The van der Waals surface area contributed by atoms with Crippen LogP contribution < -0.4 is 10.6 Å². The van der Waals surface area contributed by atoms with Crippen LogP contribution in [-0.4, -0.2) is 24.1 Å². The van der Waals surface area contributed by atoms with Gasteiger partial charge in [-0.25, -0.2) is 0 Å². The second-order valence-electron chi connectivity index (χ2n) is 5.43. The van der Waals surface area contributed by atoms with Gasteiger partial charge in [0.25, 0.3) is 5.69 Å². The summed E-state index contributed by atoms with van der Waals surface area (Å²) >= 11 is 0. The Morgan fingerprint density at radius 1 is 1.47 bits per heavy atom. The molecule has 0 radical (unpaired) electrons. The maximum atomic E-state index is 11.2. The van der Waals surface area contributed by atoms with Crippen LogP contribution >= 0.6 is 0 Å². The molecule has 1 saturated heterocycles. The first-order valence-corrected chi connectivity index (χ1v) is 6.74. The highest BCUT2D eigenvalue weighted by Gasteiger charge is 2.29. The number of nitrogens with two attached hydrogens (primary N) is 1. The molecule has 1 heterocycles. The average molecular weight is 263 g/mol. The Kier molecular flexibility index (Phi) is 4.04. The van der Waals surface area contributed by atoms with Gasteiger partial charge in [-0.05, 0) is 50.8 Å². The number of piperidine rings is 1. The minimum Gasteiger partial charge on any atom is -0.363 e. The first-order chi connectivity index (χ1) is 9.02. The van der Waals surface area contributed by atoms with E-state index in [0.29, 0.717) is 18.5 Å². The van der Waals surface area contributed by atoms with Crippen molar-refractivity contribution in [3.8, 4) is 0 Å². The van der Waals surface area contributed by atoms with Crippen LogP contribution in [0.25, 0.3) is 0 Å². The number of nitro groups is 1. The van der Waals surface area contributed by atoms with E-state index in [9.17, 15) is 10.1 Å². The molecule has 1 aromatic carbocycles. The summed E-state index contributed by atoms with van der Waals surface area (Å²) in [6.45, 7) is 5.44. The van der Waals surface area contributed by atoms with Crippen LogP contribution in [0.3, 0.4) is 0 Å². The highest BCUT2D eigenvalue weighted by Crippen LogP contribution is 2.34. The van der Waals surface area contributed by atoms with Gasteiger partial charge in [0, 0.05) is 18.7 Å². The summed E-state index contributed by atoms with van der Waals surface area (Å²) in [7, 11) is 0.